The van der Waals surface area contributed by atoms with Crippen molar-refractivity contribution in [1.29, 1.82) is 0 Å². The molecule has 26 heavy (non-hydrogen) atoms. The highest BCUT2D eigenvalue weighted by Crippen LogP contribution is 2.18. The number of carbonyl (C=O) groups excluding carboxylic acids is 2. The molecule has 1 aromatic carbocycles. The van der Waals surface area contributed by atoms with Crippen LogP contribution in [0.5, 0.6) is 0 Å². The van der Waals surface area contributed by atoms with Crippen LogP contribution < -0.4 is 5.32 Å². The van der Waals surface area contributed by atoms with Crippen molar-refractivity contribution in [2.24, 2.45) is 0 Å². The Morgan fingerprint density at radius 1 is 1.19 bits per heavy atom. The fourth-order valence-corrected chi connectivity index (χ4v) is 2.69. The lowest BCUT2D eigenvalue weighted by molar-refractivity contribution is -0.176. The van der Waals surface area contributed by atoms with Crippen LogP contribution in [0, 0.1) is 0 Å². The first kappa shape index (κ1) is 20.2. The largest absolute Gasteiger partial charge is 0.449 e. The summed E-state index contributed by atoms with van der Waals surface area (Å²) in [7, 11) is 0. The van der Waals surface area contributed by atoms with E-state index < -0.39 is 24.9 Å². The molecule has 0 radical (unpaired) electrons. The quantitative estimate of drug-likeness (QED) is 0.745. The number of benzene rings is 1. The van der Waals surface area contributed by atoms with E-state index in [2.05, 4.69) is 10.1 Å². The van der Waals surface area contributed by atoms with Crippen molar-refractivity contribution in [3.8, 4) is 0 Å². The van der Waals surface area contributed by atoms with E-state index in [0.29, 0.717) is 5.56 Å². The lowest BCUT2D eigenvalue weighted by Crippen LogP contribution is -2.40. The van der Waals surface area contributed by atoms with Gasteiger partial charge in [0.25, 0.3) is 5.91 Å². The van der Waals surface area contributed by atoms with E-state index in [0.717, 1.165) is 25.7 Å². The number of ether oxygens (including phenoxy) is 2. The molecule has 8 heteroatoms. The fraction of sp³-hybridized carbons (Fsp3) is 0.556. The summed E-state index contributed by atoms with van der Waals surface area (Å²) in [6.45, 7) is -0.0407. The number of carbonyl (C=O) groups is 2. The molecular weight excluding hydrogens is 351 g/mol. The summed E-state index contributed by atoms with van der Waals surface area (Å²) in [6, 6.07) is 5.96. The van der Waals surface area contributed by atoms with Gasteiger partial charge in [-0.1, -0.05) is 25.0 Å². The van der Waals surface area contributed by atoms with Gasteiger partial charge in [0.2, 0.25) is 0 Å². The first-order valence-corrected chi connectivity index (χ1v) is 8.49. The molecular formula is C18H22F3NO4. The average molecular weight is 373 g/mol. The Morgan fingerprint density at radius 2 is 1.81 bits per heavy atom. The van der Waals surface area contributed by atoms with Crippen LogP contribution >= 0.6 is 0 Å². The number of halogens is 3. The highest BCUT2D eigenvalue weighted by molar-refractivity contribution is 5.92. The van der Waals surface area contributed by atoms with E-state index in [1.165, 1.54) is 31.2 Å². The molecule has 0 aromatic heterocycles. The first-order chi connectivity index (χ1) is 12.2. The van der Waals surface area contributed by atoms with Crippen molar-refractivity contribution in [2.75, 3.05) is 6.61 Å². The van der Waals surface area contributed by atoms with Gasteiger partial charge in [-0.2, -0.15) is 13.2 Å². The molecule has 1 amide bonds. The van der Waals surface area contributed by atoms with Crippen molar-refractivity contribution in [3.05, 3.63) is 35.4 Å². The number of nitrogens with one attached hydrogen (secondary N) is 1. The van der Waals surface area contributed by atoms with Gasteiger partial charge in [-0.05, 0) is 37.5 Å². The van der Waals surface area contributed by atoms with Crippen LogP contribution in [-0.4, -0.2) is 36.8 Å². The van der Waals surface area contributed by atoms with Crippen LogP contribution in [0.3, 0.4) is 0 Å². The molecule has 0 heterocycles. The summed E-state index contributed by atoms with van der Waals surface area (Å²) in [6.07, 6.45) is -1.26. The summed E-state index contributed by atoms with van der Waals surface area (Å²) in [4.78, 5) is 24.1. The van der Waals surface area contributed by atoms with E-state index >= 15 is 0 Å². The lowest BCUT2D eigenvalue weighted by Gasteiger charge is -2.17. The highest BCUT2D eigenvalue weighted by atomic mass is 19.4. The van der Waals surface area contributed by atoms with Gasteiger partial charge in [0, 0.05) is 6.04 Å². The SMILES string of the molecule is CC(OC(=O)c1ccc(COCC(F)(F)F)cc1)C(=O)NC1CCCC1. The monoisotopic (exact) mass is 373 g/mol. The fourth-order valence-electron chi connectivity index (χ4n) is 2.69. The maximum Gasteiger partial charge on any atom is 0.411 e. The average Bonchev–Trinajstić information content (AvgIpc) is 3.07. The zero-order valence-corrected chi connectivity index (χ0v) is 14.5. The molecule has 144 valence electrons. The number of rotatable bonds is 7. The van der Waals surface area contributed by atoms with Crippen LogP contribution in [0.15, 0.2) is 24.3 Å². The van der Waals surface area contributed by atoms with Gasteiger partial charge in [-0.25, -0.2) is 4.79 Å². The number of esters is 1. The Morgan fingerprint density at radius 3 is 2.38 bits per heavy atom. The number of alkyl halides is 3. The second-order valence-electron chi connectivity index (χ2n) is 6.34. The predicted octanol–water partition coefficient (Wildman–Crippen LogP) is 3.37. The molecule has 1 aliphatic carbocycles. The molecule has 1 aromatic rings. The number of hydrogen-bond acceptors (Lipinski definition) is 4. The molecule has 1 fully saturated rings. The van der Waals surface area contributed by atoms with Gasteiger partial charge in [0.15, 0.2) is 6.10 Å². The predicted molar refractivity (Wildman–Crippen MR) is 87.4 cm³/mol. The normalized spacial score (nSPS) is 16.3. The van der Waals surface area contributed by atoms with E-state index in [-0.39, 0.29) is 24.1 Å². The molecule has 5 nitrogen and oxygen atoms in total. The molecule has 1 unspecified atom stereocenters. The third kappa shape index (κ3) is 6.67. The molecule has 0 spiro atoms. The Hall–Kier alpha value is -2.09. The van der Waals surface area contributed by atoms with Crippen molar-refractivity contribution >= 4 is 11.9 Å². The summed E-state index contributed by atoms with van der Waals surface area (Å²) >= 11 is 0. The van der Waals surface area contributed by atoms with E-state index in [4.69, 9.17) is 4.74 Å². The zero-order valence-electron chi connectivity index (χ0n) is 14.5. The standard InChI is InChI=1S/C18H22F3NO4/c1-12(16(23)22-15-4-2-3-5-15)26-17(24)14-8-6-13(7-9-14)10-25-11-18(19,20)21/h6-9,12,15H,2-5,10-11H2,1H3,(H,22,23). The van der Waals surface area contributed by atoms with Gasteiger partial charge in [0.05, 0.1) is 12.2 Å². The Bertz CT molecular complexity index is 610. The number of amides is 1. The number of hydrogen-bond donors (Lipinski definition) is 1. The second-order valence-corrected chi connectivity index (χ2v) is 6.34. The Balaban J connectivity index is 1.80. The maximum atomic E-state index is 12.1. The lowest BCUT2D eigenvalue weighted by atomic mass is 10.1. The second kappa shape index (κ2) is 9.02. The maximum absolute atomic E-state index is 12.1. The molecule has 0 aliphatic heterocycles. The topological polar surface area (TPSA) is 64.6 Å². The Kier molecular flexibility index (Phi) is 7.02. The minimum atomic E-state index is -4.38. The van der Waals surface area contributed by atoms with Crippen LogP contribution in [0.4, 0.5) is 13.2 Å². The molecule has 1 aliphatic rings. The van der Waals surface area contributed by atoms with Crippen molar-refractivity contribution < 1.29 is 32.2 Å². The smallest absolute Gasteiger partial charge is 0.411 e. The molecule has 0 saturated heterocycles. The minimum Gasteiger partial charge on any atom is -0.449 e. The Labute approximate surface area is 149 Å². The molecule has 2 rings (SSSR count). The summed E-state index contributed by atoms with van der Waals surface area (Å²) < 4.78 is 45.8. The molecule has 1 N–H and O–H groups in total. The van der Waals surface area contributed by atoms with Crippen LogP contribution in [0.1, 0.15) is 48.5 Å². The summed E-state index contributed by atoms with van der Waals surface area (Å²) in [5, 5.41) is 2.86. The zero-order chi connectivity index (χ0) is 19.2. The molecule has 1 atom stereocenters. The minimum absolute atomic E-state index is 0.139. The van der Waals surface area contributed by atoms with Gasteiger partial charge < -0.3 is 14.8 Å². The van der Waals surface area contributed by atoms with Crippen LogP contribution in [0.2, 0.25) is 0 Å². The summed E-state index contributed by atoms with van der Waals surface area (Å²) in [5.41, 5.74) is 0.711. The van der Waals surface area contributed by atoms with E-state index in [1.807, 2.05) is 0 Å². The molecule has 1 saturated carbocycles. The van der Waals surface area contributed by atoms with Crippen LogP contribution in [0.25, 0.3) is 0 Å². The van der Waals surface area contributed by atoms with Gasteiger partial charge in [-0.15, -0.1) is 0 Å². The summed E-state index contributed by atoms with van der Waals surface area (Å²) in [5.74, 6) is -0.996. The first-order valence-electron chi connectivity index (χ1n) is 8.49. The van der Waals surface area contributed by atoms with Gasteiger partial charge >= 0.3 is 12.1 Å². The van der Waals surface area contributed by atoms with Gasteiger partial charge in [-0.3, -0.25) is 4.79 Å². The molecule has 0 bridgehead atoms. The van der Waals surface area contributed by atoms with E-state index in [1.54, 1.807) is 0 Å². The van der Waals surface area contributed by atoms with Crippen molar-refractivity contribution in [1.82, 2.24) is 5.32 Å². The van der Waals surface area contributed by atoms with Crippen molar-refractivity contribution in [3.63, 3.8) is 0 Å². The van der Waals surface area contributed by atoms with Crippen molar-refractivity contribution in [2.45, 2.75) is 57.5 Å². The third-order valence-corrected chi connectivity index (χ3v) is 4.08. The highest BCUT2D eigenvalue weighted by Gasteiger charge is 2.27. The van der Waals surface area contributed by atoms with Crippen LogP contribution in [-0.2, 0) is 20.9 Å². The third-order valence-electron chi connectivity index (χ3n) is 4.08. The van der Waals surface area contributed by atoms with E-state index in [9.17, 15) is 22.8 Å². The van der Waals surface area contributed by atoms with Gasteiger partial charge in [0.1, 0.15) is 6.61 Å².